The van der Waals surface area contributed by atoms with Gasteiger partial charge in [-0.2, -0.15) is 13.2 Å². The number of aliphatic hydroxyl groups is 1. The number of nitrogens with zero attached hydrogens (tertiary/aromatic N) is 1. The molecule has 24 heavy (non-hydrogen) atoms. The third kappa shape index (κ3) is 4.24. The van der Waals surface area contributed by atoms with Gasteiger partial charge in [-0.3, -0.25) is 9.79 Å². The molecule has 0 unspecified atom stereocenters. The molecular weight excluding hydrogens is 363 g/mol. The van der Waals surface area contributed by atoms with Crippen LogP contribution in [0.1, 0.15) is 10.4 Å². The normalized spacial score (nSPS) is 13.2. The fraction of sp³-hybridized carbons (Fsp3) is 0.125. The molecule has 0 aliphatic heterocycles. The van der Waals surface area contributed by atoms with Gasteiger partial charge in [-0.05, 0) is 36.1 Å². The van der Waals surface area contributed by atoms with Crippen LogP contribution in [0.4, 0.5) is 18.9 Å². The van der Waals surface area contributed by atoms with Gasteiger partial charge in [0.1, 0.15) is 5.76 Å². The van der Waals surface area contributed by atoms with Gasteiger partial charge in [-0.15, -0.1) is 11.3 Å². The minimum atomic E-state index is -5.13. The highest BCUT2D eigenvalue weighted by atomic mass is 35.5. The lowest BCUT2D eigenvalue weighted by molar-refractivity contribution is -0.165. The number of hydrogen-bond acceptors (Lipinski definition) is 4. The lowest BCUT2D eigenvalue weighted by Crippen LogP contribution is -2.26. The topological polar surface area (TPSA) is 49.7 Å². The molecule has 0 aliphatic rings. The number of carbonyl (C=O) groups excluding carboxylic acids is 1. The summed E-state index contributed by atoms with van der Waals surface area (Å²) in [7, 11) is 0. The maximum Gasteiger partial charge on any atom is 0.455 e. The standard InChI is InChI=1S/C16H11ClF3NO2S/c1-9-4-5-10(7-12(9)17)21-8-11(15(23)16(18,19)20)14(22)13-3-2-6-24-13/h2-8,22H,1H3/b14-11+,21-8?. The van der Waals surface area contributed by atoms with Crippen molar-refractivity contribution < 1.29 is 23.1 Å². The number of aliphatic hydroxyl groups excluding tert-OH is 1. The summed E-state index contributed by atoms with van der Waals surface area (Å²) < 4.78 is 38.3. The van der Waals surface area contributed by atoms with E-state index in [2.05, 4.69) is 4.99 Å². The summed E-state index contributed by atoms with van der Waals surface area (Å²) in [5.41, 5.74) is 0.109. The third-order valence-corrected chi connectivity index (χ3v) is 4.29. The summed E-state index contributed by atoms with van der Waals surface area (Å²) in [5.74, 6) is -2.94. The number of carbonyl (C=O) groups is 1. The predicted octanol–water partition coefficient (Wildman–Crippen LogP) is 5.51. The Hall–Kier alpha value is -2.12. The second kappa shape index (κ2) is 7.19. The molecular formula is C16H11ClF3NO2S. The smallest absolute Gasteiger partial charge is 0.455 e. The van der Waals surface area contributed by atoms with Crippen LogP contribution in [0.25, 0.3) is 5.76 Å². The minimum absolute atomic E-state index is 0.135. The Balaban J connectivity index is 2.47. The molecule has 0 radical (unpaired) electrons. The molecule has 3 nitrogen and oxygen atoms in total. The number of aliphatic imine (C=N–C) groups is 1. The highest BCUT2D eigenvalue weighted by Crippen LogP contribution is 2.28. The predicted molar refractivity (Wildman–Crippen MR) is 89.3 cm³/mol. The molecule has 0 aliphatic carbocycles. The monoisotopic (exact) mass is 373 g/mol. The third-order valence-electron chi connectivity index (χ3n) is 3.01. The van der Waals surface area contributed by atoms with Crippen molar-refractivity contribution in [1.82, 2.24) is 0 Å². The molecule has 0 fully saturated rings. The first-order valence-electron chi connectivity index (χ1n) is 6.59. The molecule has 0 amide bonds. The van der Waals surface area contributed by atoms with Crippen LogP contribution >= 0.6 is 22.9 Å². The number of ketones is 1. The molecule has 8 heteroatoms. The average molecular weight is 374 g/mol. The number of Topliss-reactive ketones (excluding diaryl/α,β-unsaturated/α-hetero) is 1. The molecule has 0 bridgehead atoms. The fourth-order valence-electron chi connectivity index (χ4n) is 1.73. The molecule has 1 aromatic heterocycles. The maximum atomic E-state index is 12.8. The van der Waals surface area contributed by atoms with Gasteiger partial charge in [0, 0.05) is 11.2 Å². The Morgan fingerprint density at radius 1 is 1.33 bits per heavy atom. The van der Waals surface area contributed by atoms with Crippen LogP contribution in [0.3, 0.4) is 0 Å². The molecule has 126 valence electrons. The van der Waals surface area contributed by atoms with E-state index in [-0.39, 0.29) is 10.6 Å². The summed E-state index contributed by atoms with van der Waals surface area (Å²) in [6, 6.07) is 7.58. The van der Waals surface area contributed by atoms with E-state index in [0.29, 0.717) is 11.2 Å². The SMILES string of the molecule is Cc1ccc(N=C/C(C(=O)C(F)(F)F)=C(\O)c2cccs2)cc1Cl. The number of hydrogen-bond donors (Lipinski definition) is 1. The molecule has 1 aromatic carbocycles. The Kier molecular flexibility index (Phi) is 5.46. The molecule has 1 N–H and O–H groups in total. The number of benzene rings is 1. The molecule has 0 saturated carbocycles. The van der Waals surface area contributed by atoms with Crippen molar-refractivity contribution in [2.75, 3.05) is 0 Å². The second-order valence-corrected chi connectivity index (χ2v) is 6.11. The zero-order valence-corrected chi connectivity index (χ0v) is 13.8. The summed E-state index contributed by atoms with van der Waals surface area (Å²) in [6.07, 6.45) is -4.43. The number of alkyl halides is 3. The van der Waals surface area contributed by atoms with Crippen LogP contribution in [0.5, 0.6) is 0 Å². The van der Waals surface area contributed by atoms with Crippen LogP contribution in [0.2, 0.25) is 5.02 Å². The van der Waals surface area contributed by atoms with Gasteiger partial charge in [0.05, 0.1) is 16.1 Å². The number of aryl methyl sites for hydroxylation is 1. The van der Waals surface area contributed by atoms with E-state index in [1.165, 1.54) is 18.2 Å². The maximum absolute atomic E-state index is 12.8. The number of allylic oxidation sites excluding steroid dienone is 1. The largest absolute Gasteiger partial charge is 0.506 e. The lowest BCUT2D eigenvalue weighted by atomic mass is 10.1. The van der Waals surface area contributed by atoms with Gasteiger partial charge in [0.2, 0.25) is 0 Å². The van der Waals surface area contributed by atoms with Gasteiger partial charge in [0.15, 0.2) is 0 Å². The zero-order valence-electron chi connectivity index (χ0n) is 12.3. The van der Waals surface area contributed by atoms with Crippen molar-refractivity contribution in [1.29, 1.82) is 0 Å². The number of rotatable bonds is 4. The van der Waals surface area contributed by atoms with Crippen molar-refractivity contribution in [3.8, 4) is 0 Å². The molecule has 2 aromatic rings. The van der Waals surface area contributed by atoms with Gasteiger partial charge >= 0.3 is 6.18 Å². The van der Waals surface area contributed by atoms with Crippen LogP contribution in [0, 0.1) is 6.92 Å². The van der Waals surface area contributed by atoms with Crippen molar-refractivity contribution >= 4 is 46.4 Å². The number of halogens is 4. The minimum Gasteiger partial charge on any atom is -0.506 e. The Bertz CT molecular complexity index is 811. The summed E-state index contributed by atoms with van der Waals surface area (Å²) >= 11 is 6.93. The molecule has 2 rings (SSSR count). The van der Waals surface area contributed by atoms with E-state index in [0.717, 1.165) is 16.9 Å². The van der Waals surface area contributed by atoms with Gasteiger partial charge in [-0.25, -0.2) is 0 Å². The second-order valence-electron chi connectivity index (χ2n) is 4.76. The highest BCUT2D eigenvalue weighted by molar-refractivity contribution is 7.11. The van der Waals surface area contributed by atoms with Gasteiger partial charge in [-0.1, -0.05) is 23.7 Å². The van der Waals surface area contributed by atoms with Crippen LogP contribution < -0.4 is 0 Å². The lowest BCUT2D eigenvalue weighted by Gasteiger charge is -2.08. The first-order chi connectivity index (χ1) is 11.2. The van der Waals surface area contributed by atoms with Gasteiger partial charge < -0.3 is 5.11 Å². The summed E-state index contributed by atoms with van der Waals surface area (Å²) in [4.78, 5) is 15.6. The first-order valence-corrected chi connectivity index (χ1v) is 7.84. The van der Waals surface area contributed by atoms with Crippen molar-refractivity contribution in [3.05, 3.63) is 56.7 Å². The molecule has 0 saturated heterocycles. The molecule has 0 spiro atoms. The quantitative estimate of drug-likeness (QED) is 0.436. The van der Waals surface area contributed by atoms with Crippen molar-refractivity contribution in [2.24, 2.45) is 4.99 Å². The Morgan fingerprint density at radius 3 is 2.58 bits per heavy atom. The Morgan fingerprint density at radius 2 is 2.04 bits per heavy atom. The van der Waals surface area contributed by atoms with Crippen molar-refractivity contribution in [2.45, 2.75) is 13.1 Å². The van der Waals surface area contributed by atoms with E-state index in [1.807, 2.05) is 0 Å². The molecule has 1 heterocycles. The molecule has 0 atom stereocenters. The summed E-state index contributed by atoms with van der Waals surface area (Å²) in [6.45, 7) is 1.76. The van der Waals surface area contributed by atoms with Crippen molar-refractivity contribution in [3.63, 3.8) is 0 Å². The fourth-order valence-corrected chi connectivity index (χ4v) is 2.58. The Labute approximate surface area is 144 Å². The van der Waals surface area contributed by atoms with Crippen LogP contribution in [-0.2, 0) is 4.79 Å². The van der Waals surface area contributed by atoms with Crippen LogP contribution in [0.15, 0.2) is 46.3 Å². The van der Waals surface area contributed by atoms with Gasteiger partial charge in [0.25, 0.3) is 5.78 Å². The summed E-state index contributed by atoms with van der Waals surface area (Å²) in [5, 5.41) is 12.0. The number of thiophene rings is 1. The van der Waals surface area contributed by atoms with E-state index in [4.69, 9.17) is 11.6 Å². The highest BCUT2D eigenvalue weighted by Gasteiger charge is 2.41. The van der Waals surface area contributed by atoms with E-state index in [9.17, 15) is 23.1 Å². The van der Waals surface area contributed by atoms with E-state index < -0.39 is 23.3 Å². The first kappa shape index (κ1) is 18.2. The van der Waals surface area contributed by atoms with E-state index in [1.54, 1.807) is 24.4 Å². The van der Waals surface area contributed by atoms with Crippen LogP contribution in [-0.4, -0.2) is 23.3 Å². The average Bonchev–Trinajstić information content (AvgIpc) is 3.04. The van der Waals surface area contributed by atoms with E-state index >= 15 is 0 Å². The zero-order chi connectivity index (χ0) is 17.9.